The number of hydrogen-bond donors (Lipinski definition) is 1. The van der Waals surface area contributed by atoms with Crippen molar-refractivity contribution in [2.45, 2.75) is 46.3 Å². The minimum Gasteiger partial charge on any atom is -0.448 e. The lowest BCUT2D eigenvalue weighted by Gasteiger charge is -2.11. The van der Waals surface area contributed by atoms with Crippen molar-refractivity contribution in [2.24, 2.45) is 0 Å². The van der Waals surface area contributed by atoms with E-state index in [1.807, 2.05) is 0 Å². The summed E-state index contributed by atoms with van der Waals surface area (Å²) in [6, 6.07) is 1.56. The third-order valence-electron chi connectivity index (χ3n) is 4.63. The molecule has 0 bridgehead atoms. The molecular weight excluding hydrogens is 384 g/mol. The zero-order valence-electron chi connectivity index (χ0n) is 15.6. The Hall–Kier alpha value is -3.01. The molecule has 0 spiro atoms. The Bertz CT molecular complexity index is 1160. The number of fused-ring (bicyclic) bond motifs is 2. The number of rotatable bonds is 4. The van der Waals surface area contributed by atoms with Crippen molar-refractivity contribution in [3.05, 3.63) is 38.4 Å². The van der Waals surface area contributed by atoms with Gasteiger partial charge in [0.25, 0.3) is 11.5 Å². The lowest BCUT2D eigenvalue weighted by atomic mass is 10.2. The van der Waals surface area contributed by atoms with Gasteiger partial charge < -0.3 is 14.6 Å². The van der Waals surface area contributed by atoms with Gasteiger partial charge in [0.1, 0.15) is 21.3 Å². The Balaban J connectivity index is 1.55. The van der Waals surface area contributed by atoms with Crippen molar-refractivity contribution in [3.63, 3.8) is 0 Å². The summed E-state index contributed by atoms with van der Waals surface area (Å²) in [4.78, 5) is 42.9. The third kappa shape index (κ3) is 3.09. The maximum Gasteiger partial charge on any atom is 0.349 e. The maximum absolute atomic E-state index is 12.7. The van der Waals surface area contributed by atoms with Crippen LogP contribution in [0.4, 0.5) is 5.82 Å². The molecule has 1 aliphatic heterocycles. The number of hydrogen-bond acceptors (Lipinski definition) is 8. The quantitative estimate of drug-likeness (QED) is 0.665. The topological polar surface area (TPSA) is 116 Å². The average molecular weight is 402 g/mol. The molecule has 4 heterocycles. The summed E-state index contributed by atoms with van der Waals surface area (Å²) in [5.74, 6) is 0.345. The van der Waals surface area contributed by atoms with E-state index in [0.29, 0.717) is 28.1 Å². The Morgan fingerprint density at radius 2 is 2.18 bits per heavy atom. The van der Waals surface area contributed by atoms with E-state index in [1.54, 1.807) is 24.5 Å². The van der Waals surface area contributed by atoms with Crippen LogP contribution in [-0.4, -0.2) is 32.7 Å². The lowest BCUT2D eigenvalue weighted by Crippen LogP contribution is -2.30. The maximum atomic E-state index is 12.7. The van der Waals surface area contributed by atoms with Crippen molar-refractivity contribution in [1.29, 1.82) is 0 Å². The first-order valence-corrected chi connectivity index (χ1v) is 9.64. The molecule has 9 nitrogen and oxygen atoms in total. The van der Waals surface area contributed by atoms with Gasteiger partial charge in [0.05, 0.1) is 5.39 Å². The van der Waals surface area contributed by atoms with Crippen LogP contribution in [0.1, 0.15) is 40.2 Å². The number of esters is 1. The molecule has 10 heteroatoms. The number of carbonyl (C=O) groups is 2. The van der Waals surface area contributed by atoms with Crippen LogP contribution < -0.4 is 10.9 Å². The molecule has 0 saturated carbocycles. The Morgan fingerprint density at radius 3 is 2.89 bits per heavy atom. The fraction of sp³-hybridized carbons (Fsp3) is 0.389. The number of carbonyl (C=O) groups excluding carboxylic acids is 2. The first-order valence-electron chi connectivity index (χ1n) is 8.83. The SMILES string of the molecule is Cc1cc(NC(=O)[C@H](C)OC(=O)c2sc3nc4n(c(=O)c3c2C)CCC4)no1. The number of aromatic nitrogens is 3. The van der Waals surface area contributed by atoms with E-state index < -0.39 is 18.0 Å². The van der Waals surface area contributed by atoms with Crippen LogP contribution >= 0.6 is 11.3 Å². The van der Waals surface area contributed by atoms with Crippen LogP contribution in [0, 0.1) is 13.8 Å². The van der Waals surface area contributed by atoms with E-state index in [2.05, 4.69) is 15.5 Å². The molecule has 3 aromatic rings. The number of nitrogens with zero attached hydrogens (tertiary/aromatic N) is 3. The second-order valence-corrected chi connectivity index (χ2v) is 7.68. The molecule has 0 aromatic carbocycles. The van der Waals surface area contributed by atoms with Gasteiger partial charge in [-0.2, -0.15) is 0 Å². The molecule has 0 radical (unpaired) electrons. The Morgan fingerprint density at radius 1 is 1.39 bits per heavy atom. The molecule has 1 aliphatic rings. The van der Waals surface area contributed by atoms with Crippen molar-refractivity contribution < 1.29 is 18.8 Å². The monoisotopic (exact) mass is 402 g/mol. The predicted octanol–water partition coefficient (Wildman–Crippen LogP) is 2.19. The van der Waals surface area contributed by atoms with Crippen molar-refractivity contribution in [2.75, 3.05) is 5.32 Å². The van der Waals surface area contributed by atoms with E-state index in [1.165, 1.54) is 6.92 Å². The van der Waals surface area contributed by atoms with Gasteiger partial charge in [-0.3, -0.25) is 14.2 Å². The number of thiophene rings is 1. The molecule has 0 saturated heterocycles. The summed E-state index contributed by atoms with van der Waals surface area (Å²) in [5.41, 5.74) is 0.405. The molecule has 0 unspecified atom stereocenters. The van der Waals surface area contributed by atoms with Crippen LogP contribution in [-0.2, 0) is 22.5 Å². The fourth-order valence-corrected chi connectivity index (χ4v) is 4.26. The third-order valence-corrected chi connectivity index (χ3v) is 5.79. The minimum atomic E-state index is -1.05. The van der Waals surface area contributed by atoms with Crippen molar-refractivity contribution in [3.8, 4) is 0 Å². The molecule has 146 valence electrons. The summed E-state index contributed by atoms with van der Waals surface area (Å²) in [5, 5.41) is 6.63. The summed E-state index contributed by atoms with van der Waals surface area (Å²) < 4.78 is 11.8. The average Bonchev–Trinajstić information content (AvgIpc) is 3.34. The van der Waals surface area contributed by atoms with Gasteiger partial charge in [0.15, 0.2) is 11.9 Å². The molecule has 28 heavy (non-hydrogen) atoms. The highest BCUT2D eigenvalue weighted by molar-refractivity contribution is 7.20. The van der Waals surface area contributed by atoms with E-state index in [4.69, 9.17) is 9.26 Å². The van der Waals surface area contributed by atoms with Crippen molar-refractivity contribution >= 4 is 39.2 Å². The zero-order chi connectivity index (χ0) is 20.0. The number of aryl methyl sites for hydroxylation is 3. The molecule has 1 N–H and O–H groups in total. The highest BCUT2D eigenvalue weighted by atomic mass is 32.1. The second kappa shape index (κ2) is 6.86. The van der Waals surface area contributed by atoms with Crippen LogP contribution in [0.3, 0.4) is 0 Å². The van der Waals surface area contributed by atoms with Crippen LogP contribution in [0.25, 0.3) is 10.2 Å². The van der Waals surface area contributed by atoms with Crippen LogP contribution in [0.5, 0.6) is 0 Å². The first-order chi connectivity index (χ1) is 13.3. The summed E-state index contributed by atoms with van der Waals surface area (Å²) in [6.07, 6.45) is 0.597. The Labute approximate surface area is 163 Å². The van der Waals surface area contributed by atoms with Gasteiger partial charge in [0, 0.05) is 19.0 Å². The van der Waals surface area contributed by atoms with Gasteiger partial charge >= 0.3 is 5.97 Å². The van der Waals surface area contributed by atoms with Crippen molar-refractivity contribution in [1.82, 2.24) is 14.7 Å². The highest BCUT2D eigenvalue weighted by Gasteiger charge is 2.26. The van der Waals surface area contributed by atoms with E-state index in [-0.39, 0.29) is 16.3 Å². The molecule has 4 rings (SSSR count). The predicted molar refractivity (Wildman–Crippen MR) is 102 cm³/mol. The van der Waals surface area contributed by atoms with Gasteiger partial charge in [-0.25, -0.2) is 9.78 Å². The van der Waals surface area contributed by atoms with E-state index >= 15 is 0 Å². The summed E-state index contributed by atoms with van der Waals surface area (Å²) in [6.45, 7) is 5.50. The second-order valence-electron chi connectivity index (χ2n) is 6.68. The van der Waals surface area contributed by atoms with Gasteiger partial charge in [-0.15, -0.1) is 11.3 Å². The first kappa shape index (κ1) is 18.4. The summed E-state index contributed by atoms with van der Waals surface area (Å²) in [7, 11) is 0. The van der Waals surface area contributed by atoms with E-state index in [0.717, 1.165) is 30.0 Å². The van der Waals surface area contributed by atoms with Gasteiger partial charge in [-0.05, 0) is 32.8 Å². The lowest BCUT2D eigenvalue weighted by molar-refractivity contribution is -0.123. The number of anilines is 1. The van der Waals surface area contributed by atoms with Crippen LogP contribution in [0.15, 0.2) is 15.4 Å². The normalized spacial score (nSPS) is 14.1. The Kier molecular flexibility index (Phi) is 4.50. The molecule has 3 aromatic heterocycles. The summed E-state index contributed by atoms with van der Waals surface area (Å²) >= 11 is 1.12. The number of ether oxygens (including phenoxy) is 1. The molecule has 0 fully saturated rings. The number of amides is 1. The fourth-order valence-electron chi connectivity index (χ4n) is 3.19. The highest BCUT2D eigenvalue weighted by Crippen LogP contribution is 2.29. The smallest absolute Gasteiger partial charge is 0.349 e. The van der Waals surface area contributed by atoms with Gasteiger partial charge in [-0.1, -0.05) is 5.16 Å². The molecule has 0 aliphatic carbocycles. The largest absolute Gasteiger partial charge is 0.448 e. The molecule has 1 amide bonds. The van der Waals surface area contributed by atoms with Crippen LogP contribution in [0.2, 0.25) is 0 Å². The van der Waals surface area contributed by atoms with Gasteiger partial charge in [0.2, 0.25) is 0 Å². The number of nitrogens with one attached hydrogen (secondary N) is 1. The molecular formula is C18H18N4O5S. The molecule has 1 atom stereocenters. The standard InChI is InChI=1S/C18H18N4O5S/c1-8-7-11(21-27-8)19-15(23)10(3)26-18(25)14-9(2)13-16(28-14)20-12-5-4-6-22(12)17(13)24/h7,10H,4-6H2,1-3H3,(H,19,21,23)/t10-/m0/s1. The zero-order valence-corrected chi connectivity index (χ0v) is 16.4. The minimum absolute atomic E-state index is 0.127. The van der Waals surface area contributed by atoms with E-state index in [9.17, 15) is 14.4 Å².